The molecule has 1 aliphatic carbocycles. The smallest absolute Gasteiger partial charge is 0.329 e. The van der Waals surface area contributed by atoms with E-state index in [0.29, 0.717) is 37.8 Å². The Morgan fingerprint density at radius 3 is 1.86 bits per heavy atom. The number of hydrogen-bond acceptors (Lipinski definition) is 2. The molecule has 0 heterocycles. The van der Waals surface area contributed by atoms with E-state index >= 15 is 0 Å². The van der Waals surface area contributed by atoms with E-state index in [9.17, 15) is 14.7 Å². The third-order valence-electron chi connectivity index (χ3n) is 4.20. The topological polar surface area (TPSA) is 69.6 Å². The second kappa shape index (κ2) is 7.66. The number of nitrogens with zero attached hydrogens (tertiary/aromatic N) is 1. The van der Waals surface area contributed by atoms with Crippen molar-refractivity contribution in [2.45, 2.75) is 65.3 Å². The SMILES string of the molecule is CC(C)CCN(CCC(C)C)C(=O)NC1(C(=O)O)CCC1. The molecule has 21 heavy (non-hydrogen) atoms. The summed E-state index contributed by atoms with van der Waals surface area (Å²) in [5.41, 5.74) is -1.02. The van der Waals surface area contributed by atoms with Crippen molar-refractivity contribution in [3.05, 3.63) is 0 Å². The molecule has 1 rings (SSSR count). The predicted octanol–water partition coefficient (Wildman–Crippen LogP) is 3.10. The van der Waals surface area contributed by atoms with Gasteiger partial charge in [-0.3, -0.25) is 0 Å². The lowest BCUT2D eigenvalue weighted by Gasteiger charge is -2.40. The summed E-state index contributed by atoms with van der Waals surface area (Å²) in [6, 6.07) is -0.224. The van der Waals surface area contributed by atoms with Crippen LogP contribution >= 0.6 is 0 Å². The average Bonchev–Trinajstić information content (AvgIpc) is 2.32. The molecule has 1 aliphatic rings. The van der Waals surface area contributed by atoms with Crippen molar-refractivity contribution in [3.63, 3.8) is 0 Å². The molecule has 5 heteroatoms. The molecule has 5 nitrogen and oxygen atoms in total. The minimum atomic E-state index is -1.02. The van der Waals surface area contributed by atoms with Crippen molar-refractivity contribution in [1.82, 2.24) is 10.2 Å². The number of carbonyl (C=O) groups is 2. The Morgan fingerprint density at radius 2 is 1.57 bits per heavy atom. The van der Waals surface area contributed by atoms with Crippen LogP contribution in [0.4, 0.5) is 4.79 Å². The fourth-order valence-electron chi connectivity index (χ4n) is 2.35. The lowest BCUT2D eigenvalue weighted by Crippen LogP contribution is -2.61. The molecule has 0 aromatic heterocycles. The summed E-state index contributed by atoms with van der Waals surface area (Å²) >= 11 is 0. The van der Waals surface area contributed by atoms with Crippen molar-refractivity contribution >= 4 is 12.0 Å². The van der Waals surface area contributed by atoms with Gasteiger partial charge in [0.25, 0.3) is 0 Å². The average molecular weight is 298 g/mol. The summed E-state index contributed by atoms with van der Waals surface area (Å²) in [6.45, 7) is 9.89. The van der Waals surface area contributed by atoms with Crippen LogP contribution in [0, 0.1) is 11.8 Å². The Morgan fingerprint density at radius 1 is 1.10 bits per heavy atom. The molecule has 122 valence electrons. The molecule has 0 atom stereocenters. The Balaban J connectivity index is 2.62. The Hall–Kier alpha value is -1.26. The van der Waals surface area contributed by atoms with Crippen molar-refractivity contribution in [2.24, 2.45) is 11.8 Å². The number of carbonyl (C=O) groups excluding carboxylic acids is 1. The zero-order valence-electron chi connectivity index (χ0n) is 13.8. The quantitative estimate of drug-likeness (QED) is 0.723. The molecular weight excluding hydrogens is 268 g/mol. The van der Waals surface area contributed by atoms with Gasteiger partial charge in [-0.15, -0.1) is 0 Å². The maximum atomic E-state index is 12.4. The fraction of sp³-hybridized carbons (Fsp3) is 0.875. The maximum absolute atomic E-state index is 12.4. The van der Waals surface area contributed by atoms with Crippen molar-refractivity contribution in [1.29, 1.82) is 0 Å². The van der Waals surface area contributed by atoms with Gasteiger partial charge in [-0.1, -0.05) is 27.7 Å². The zero-order chi connectivity index (χ0) is 16.0. The van der Waals surface area contributed by atoms with Crippen LogP contribution in [0.3, 0.4) is 0 Å². The molecule has 0 aliphatic heterocycles. The molecule has 2 amide bonds. The van der Waals surface area contributed by atoms with Gasteiger partial charge in [-0.2, -0.15) is 0 Å². The van der Waals surface area contributed by atoms with E-state index < -0.39 is 11.5 Å². The Kier molecular flexibility index (Phi) is 6.49. The highest BCUT2D eigenvalue weighted by Crippen LogP contribution is 2.32. The molecule has 0 aromatic carbocycles. The standard InChI is InChI=1S/C16H30N2O3/c1-12(2)6-10-18(11-7-13(3)4)15(21)17-16(14(19)20)8-5-9-16/h12-13H,5-11H2,1-4H3,(H,17,21)(H,19,20). The largest absolute Gasteiger partial charge is 0.480 e. The van der Waals surface area contributed by atoms with Crippen LogP contribution in [0.2, 0.25) is 0 Å². The van der Waals surface area contributed by atoms with Gasteiger partial charge in [0.15, 0.2) is 0 Å². The minimum absolute atomic E-state index is 0.224. The van der Waals surface area contributed by atoms with E-state index in [0.717, 1.165) is 19.3 Å². The highest BCUT2D eigenvalue weighted by Gasteiger charge is 2.46. The van der Waals surface area contributed by atoms with Crippen LogP contribution in [0.1, 0.15) is 59.8 Å². The van der Waals surface area contributed by atoms with E-state index in [2.05, 4.69) is 33.0 Å². The summed E-state index contributed by atoms with van der Waals surface area (Å²) in [5, 5.41) is 12.1. The minimum Gasteiger partial charge on any atom is -0.480 e. The first-order valence-corrected chi connectivity index (χ1v) is 8.07. The van der Waals surface area contributed by atoms with Gasteiger partial charge < -0.3 is 15.3 Å². The van der Waals surface area contributed by atoms with E-state index in [1.807, 2.05) is 0 Å². The molecule has 0 spiro atoms. The molecule has 0 bridgehead atoms. The molecule has 0 radical (unpaired) electrons. The predicted molar refractivity (Wildman–Crippen MR) is 83.2 cm³/mol. The number of nitrogens with one attached hydrogen (secondary N) is 1. The van der Waals surface area contributed by atoms with Crippen LogP contribution < -0.4 is 5.32 Å². The van der Waals surface area contributed by atoms with Crippen LogP contribution in [-0.4, -0.2) is 40.6 Å². The molecule has 1 saturated carbocycles. The van der Waals surface area contributed by atoms with E-state index in [1.54, 1.807) is 4.90 Å². The molecular formula is C16H30N2O3. The Bertz CT molecular complexity index is 351. The first-order chi connectivity index (χ1) is 9.77. The molecule has 2 N–H and O–H groups in total. The number of amides is 2. The van der Waals surface area contributed by atoms with Crippen molar-refractivity contribution < 1.29 is 14.7 Å². The van der Waals surface area contributed by atoms with Gasteiger partial charge in [0.2, 0.25) is 0 Å². The fourth-order valence-corrected chi connectivity index (χ4v) is 2.35. The van der Waals surface area contributed by atoms with Gasteiger partial charge in [0.05, 0.1) is 0 Å². The molecule has 0 unspecified atom stereocenters. The number of hydrogen-bond donors (Lipinski definition) is 2. The van der Waals surface area contributed by atoms with Crippen molar-refractivity contribution in [2.75, 3.05) is 13.1 Å². The second-order valence-corrected chi connectivity index (χ2v) is 7.02. The van der Waals surface area contributed by atoms with Crippen molar-refractivity contribution in [3.8, 4) is 0 Å². The summed E-state index contributed by atoms with van der Waals surface area (Å²) in [6.07, 6.45) is 3.81. The third-order valence-corrected chi connectivity index (χ3v) is 4.20. The number of aliphatic carboxylic acids is 1. The summed E-state index contributed by atoms with van der Waals surface area (Å²) in [4.78, 5) is 25.6. The third kappa shape index (κ3) is 5.21. The van der Waals surface area contributed by atoms with Crippen LogP contribution in [-0.2, 0) is 4.79 Å². The Labute approximate surface area is 128 Å². The number of urea groups is 1. The van der Waals surface area contributed by atoms with E-state index in [1.165, 1.54) is 0 Å². The monoisotopic (exact) mass is 298 g/mol. The molecule has 1 fully saturated rings. The van der Waals surface area contributed by atoms with Crippen LogP contribution in [0.5, 0.6) is 0 Å². The lowest BCUT2D eigenvalue weighted by atomic mass is 9.77. The van der Waals surface area contributed by atoms with Gasteiger partial charge in [0, 0.05) is 13.1 Å². The number of carboxylic acid groups (broad SMARTS) is 1. The maximum Gasteiger partial charge on any atom is 0.329 e. The number of rotatable bonds is 8. The van der Waals surface area contributed by atoms with Crippen LogP contribution in [0.25, 0.3) is 0 Å². The van der Waals surface area contributed by atoms with E-state index in [-0.39, 0.29) is 6.03 Å². The number of carboxylic acids is 1. The van der Waals surface area contributed by atoms with Gasteiger partial charge in [0.1, 0.15) is 5.54 Å². The first-order valence-electron chi connectivity index (χ1n) is 8.07. The normalized spacial score (nSPS) is 16.7. The van der Waals surface area contributed by atoms with Gasteiger partial charge in [-0.05, 0) is 43.9 Å². The van der Waals surface area contributed by atoms with E-state index in [4.69, 9.17) is 0 Å². The highest BCUT2D eigenvalue weighted by atomic mass is 16.4. The van der Waals surface area contributed by atoms with Crippen LogP contribution in [0.15, 0.2) is 0 Å². The summed E-state index contributed by atoms with van der Waals surface area (Å²) in [5.74, 6) is 0.141. The highest BCUT2D eigenvalue weighted by molar-refractivity contribution is 5.87. The molecule has 0 aromatic rings. The van der Waals surface area contributed by atoms with Gasteiger partial charge >= 0.3 is 12.0 Å². The summed E-state index contributed by atoms with van der Waals surface area (Å²) in [7, 11) is 0. The summed E-state index contributed by atoms with van der Waals surface area (Å²) < 4.78 is 0. The molecule has 0 saturated heterocycles. The lowest BCUT2D eigenvalue weighted by molar-refractivity contribution is -0.148. The zero-order valence-corrected chi connectivity index (χ0v) is 13.8. The van der Waals surface area contributed by atoms with Gasteiger partial charge in [-0.25, -0.2) is 9.59 Å². The first kappa shape index (κ1) is 17.8. The second-order valence-electron chi connectivity index (χ2n) is 7.02.